The highest BCUT2D eigenvalue weighted by molar-refractivity contribution is 7.99. The van der Waals surface area contributed by atoms with E-state index in [-0.39, 0.29) is 11.7 Å². The summed E-state index contributed by atoms with van der Waals surface area (Å²) in [6, 6.07) is 3.55. The standard InChI is InChI=1S/C11H13N3O2S/c1-11(2,3)16-9(15)7-17-10-8(6-12)4-5-13-14-10/h4-5H,7H2,1-3H3. The summed E-state index contributed by atoms with van der Waals surface area (Å²) in [7, 11) is 0. The molecule has 5 nitrogen and oxygen atoms in total. The number of ether oxygens (including phenoxy) is 1. The molecule has 1 heterocycles. The molecule has 0 fully saturated rings. The topological polar surface area (TPSA) is 75.9 Å². The Hall–Kier alpha value is -1.61. The van der Waals surface area contributed by atoms with Gasteiger partial charge in [-0.2, -0.15) is 10.4 Å². The summed E-state index contributed by atoms with van der Waals surface area (Å²) < 4.78 is 5.14. The zero-order chi connectivity index (χ0) is 12.9. The molecule has 0 saturated heterocycles. The number of aromatic nitrogens is 2. The number of thioether (sulfide) groups is 1. The summed E-state index contributed by atoms with van der Waals surface area (Å²) in [5.74, 6) is -0.220. The van der Waals surface area contributed by atoms with Gasteiger partial charge in [0.15, 0.2) is 0 Å². The summed E-state index contributed by atoms with van der Waals surface area (Å²) in [4.78, 5) is 11.5. The van der Waals surface area contributed by atoms with Crippen molar-refractivity contribution in [1.82, 2.24) is 10.2 Å². The highest BCUT2D eigenvalue weighted by Crippen LogP contribution is 2.19. The molecule has 0 N–H and O–H groups in total. The fourth-order valence-electron chi connectivity index (χ4n) is 1.01. The first kappa shape index (κ1) is 13.5. The molecule has 0 radical (unpaired) electrons. The van der Waals surface area contributed by atoms with Gasteiger partial charge in [0.2, 0.25) is 0 Å². The van der Waals surface area contributed by atoms with Gasteiger partial charge in [0.25, 0.3) is 0 Å². The van der Waals surface area contributed by atoms with Crippen molar-refractivity contribution in [2.24, 2.45) is 0 Å². The van der Waals surface area contributed by atoms with Crippen LogP contribution < -0.4 is 0 Å². The van der Waals surface area contributed by atoms with Crippen molar-refractivity contribution in [1.29, 1.82) is 5.26 Å². The average molecular weight is 251 g/mol. The van der Waals surface area contributed by atoms with Crippen molar-refractivity contribution < 1.29 is 9.53 Å². The SMILES string of the molecule is CC(C)(C)OC(=O)CSc1nnccc1C#N. The number of carbonyl (C=O) groups excluding carboxylic acids is 1. The number of carbonyl (C=O) groups is 1. The molecule has 1 aromatic rings. The molecule has 0 aliphatic heterocycles. The minimum atomic E-state index is -0.502. The molecule has 6 heteroatoms. The third kappa shape index (κ3) is 4.83. The van der Waals surface area contributed by atoms with E-state index >= 15 is 0 Å². The van der Waals surface area contributed by atoms with Crippen molar-refractivity contribution in [3.05, 3.63) is 17.8 Å². The average Bonchev–Trinajstić information content (AvgIpc) is 2.24. The molecular formula is C11H13N3O2S. The van der Waals surface area contributed by atoms with Crippen LogP contribution in [0.3, 0.4) is 0 Å². The second kappa shape index (κ2) is 5.64. The molecule has 0 aliphatic carbocycles. The molecule has 0 aliphatic rings. The normalized spacial score (nSPS) is 10.7. The van der Waals surface area contributed by atoms with Crippen molar-refractivity contribution in [3.63, 3.8) is 0 Å². The lowest BCUT2D eigenvalue weighted by Gasteiger charge is -2.19. The van der Waals surface area contributed by atoms with E-state index in [1.165, 1.54) is 6.20 Å². The van der Waals surface area contributed by atoms with Gasteiger partial charge in [0.05, 0.1) is 17.5 Å². The molecule has 0 amide bonds. The Morgan fingerprint density at radius 3 is 2.88 bits per heavy atom. The second-order valence-corrected chi connectivity index (χ2v) is 5.20. The number of hydrogen-bond donors (Lipinski definition) is 0. The smallest absolute Gasteiger partial charge is 0.316 e. The predicted molar refractivity (Wildman–Crippen MR) is 63.3 cm³/mol. The number of esters is 1. The lowest BCUT2D eigenvalue weighted by atomic mass is 10.2. The Morgan fingerprint density at radius 2 is 2.29 bits per heavy atom. The van der Waals surface area contributed by atoms with Gasteiger partial charge >= 0.3 is 5.97 Å². The van der Waals surface area contributed by atoms with Crippen LogP contribution in [0, 0.1) is 11.3 Å². The van der Waals surface area contributed by atoms with Crippen LogP contribution in [0.15, 0.2) is 17.3 Å². The minimum absolute atomic E-state index is 0.116. The summed E-state index contributed by atoms with van der Waals surface area (Å²) in [6.45, 7) is 5.41. The van der Waals surface area contributed by atoms with E-state index < -0.39 is 5.60 Å². The third-order valence-corrected chi connectivity index (χ3v) is 2.51. The van der Waals surface area contributed by atoms with Gasteiger partial charge in [-0.05, 0) is 26.8 Å². The van der Waals surface area contributed by atoms with E-state index in [4.69, 9.17) is 10.00 Å². The molecule has 0 saturated carbocycles. The van der Waals surface area contributed by atoms with Crippen LogP contribution in [0.1, 0.15) is 26.3 Å². The highest BCUT2D eigenvalue weighted by atomic mass is 32.2. The van der Waals surface area contributed by atoms with Crippen LogP contribution in [0.25, 0.3) is 0 Å². The summed E-state index contributed by atoms with van der Waals surface area (Å²) in [5.41, 5.74) is -0.0912. The van der Waals surface area contributed by atoms with Gasteiger partial charge in [0, 0.05) is 0 Å². The van der Waals surface area contributed by atoms with Gasteiger partial charge in [0.1, 0.15) is 16.7 Å². The van der Waals surface area contributed by atoms with Crippen molar-refractivity contribution in [3.8, 4) is 6.07 Å². The van der Waals surface area contributed by atoms with E-state index in [9.17, 15) is 4.79 Å². The van der Waals surface area contributed by atoms with Gasteiger partial charge in [-0.15, -0.1) is 5.10 Å². The quantitative estimate of drug-likeness (QED) is 0.602. The first-order valence-corrected chi connectivity index (χ1v) is 5.97. The fourth-order valence-corrected chi connectivity index (χ4v) is 1.70. The molecule has 90 valence electrons. The fraction of sp³-hybridized carbons (Fsp3) is 0.455. The van der Waals surface area contributed by atoms with Crippen molar-refractivity contribution in [2.45, 2.75) is 31.4 Å². The first-order valence-electron chi connectivity index (χ1n) is 4.99. The first-order chi connectivity index (χ1) is 7.92. The maximum atomic E-state index is 11.5. The minimum Gasteiger partial charge on any atom is -0.459 e. The molecule has 0 aromatic carbocycles. The maximum Gasteiger partial charge on any atom is 0.316 e. The lowest BCUT2D eigenvalue weighted by molar-refractivity contribution is -0.151. The Balaban J connectivity index is 2.57. The van der Waals surface area contributed by atoms with E-state index in [0.29, 0.717) is 10.6 Å². The molecule has 0 spiro atoms. The maximum absolute atomic E-state index is 11.5. The predicted octanol–water partition coefficient (Wildman–Crippen LogP) is 1.78. The van der Waals surface area contributed by atoms with E-state index in [1.807, 2.05) is 6.07 Å². The monoisotopic (exact) mass is 251 g/mol. The Labute approximate surface area is 104 Å². The molecule has 0 bridgehead atoms. The van der Waals surface area contributed by atoms with Gasteiger partial charge in [-0.25, -0.2) is 0 Å². The van der Waals surface area contributed by atoms with Gasteiger partial charge < -0.3 is 4.74 Å². The number of nitriles is 1. The largest absolute Gasteiger partial charge is 0.459 e. The van der Waals surface area contributed by atoms with Crippen molar-refractivity contribution in [2.75, 3.05) is 5.75 Å². The Kier molecular flexibility index (Phi) is 4.46. The highest BCUT2D eigenvalue weighted by Gasteiger charge is 2.17. The zero-order valence-electron chi connectivity index (χ0n) is 9.93. The van der Waals surface area contributed by atoms with Crippen LogP contribution >= 0.6 is 11.8 Å². The van der Waals surface area contributed by atoms with E-state index in [0.717, 1.165) is 11.8 Å². The summed E-state index contributed by atoms with van der Waals surface area (Å²) >= 11 is 1.15. The number of hydrogen-bond acceptors (Lipinski definition) is 6. The van der Waals surface area contributed by atoms with Crippen LogP contribution in [-0.2, 0) is 9.53 Å². The Morgan fingerprint density at radius 1 is 1.59 bits per heavy atom. The molecule has 0 atom stereocenters. The number of rotatable bonds is 3. The van der Waals surface area contributed by atoms with Crippen molar-refractivity contribution >= 4 is 17.7 Å². The molecular weight excluding hydrogens is 238 g/mol. The summed E-state index contributed by atoms with van der Waals surface area (Å²) in [6.07, 6.45) is 1.44. The van der Waals surface area contributed by atoms with E-state index in [2.05, 4.69) is 10.2 Å². The second-order valence-electron chi connectivity index (χ2n) is 4.24. The molecule has 17 heavy (non-hydrogen) atoms. The van der Waals surface area contributed by atoms with Crippen LogP contribution in [0.4, 0.5) is 0 Å². The van der Waals surface area contributed by atoms with Gasteiger partial charge in [-0.3, -0.25) is 4.79 Å². The Bertz CT molecular complexity index is 449. The van der Waals surface area contributed by atoms with Gasteiger partial charge in [-0.1, -0.05) is 11.8 Å². The third-order valence-electron chi connectivity index (χ3n) is 1.55. The van der Waals surface area contributed by atoms with Crippen LogP contribution in [-0.4, -0.2) is 27.5 Å². The lowest BCUT2D eigenvalue weighted by Crippen LogP contribution is -2.24. The molecule has 1 aromatic heterocycles. The zero-order valence-corrected chi connectivity index (χ0v) is 10.7. The molecule has 1 rings (SSSR count). The van der Waals surface area contributed by atoms with Crippen LogP contribution in [0.2, 0.25) is 0 Å². The van der Waals surface area contributed by atoms with E-state index in [1.54, 1.807) is 26.8 Å². The summed E-state index contributed by atoms with van der Waals surface area (Å²) in [5, 5.41) is 16.7. The molecule has 0 unspecified atom stereocenters. The van der Waals surface area contributed by atoms with Crippen LogP contribution in [0.5, 0.6) is 0 Å². The number of nitrogens with zero attached hydrogens (tertiary/aromatic N) is 3.